The first-order valence-corrected chi connectivity index (χ1v) is 4.30. The zero-order valence-electron chi connectivity index (χ0n) is 7.37. The van der Waals surface area contributed by atoms with Crippen molar-refractivity contribution in [2.45, 2.75) is 6.04 Å². The van der Waals surface area contributed by atoms with Crippen LogP contribution in [0.1, 0.15) is 0 Å². The average Bonchev–Trinajstić information content (AvgIpc) is 2.18. The van der Waals surface area contributed by atoms with Gasteiger partial charge in [0.15, 0.2) is 0 Å². The summed E-state index contributed by atoms with van der Waals surface area (Å²) in [4.78, 5) is 10.9. The summed E-state index contributed by atoms with van der Waals surface area (Å²) in [7, 11) is 0. The minimum absolute atomic E-state index is 0.271. The standard InChI is InChI=1S/C10H9NO3/c12-10(13)8-5-6-11(14)9-4-2-1-3-7(8)9/h1-7,9H,(H-,12,13,14)/p+1. The van der Waals surface area contributed by atoms with Crippen molar-refractivity contribution in [3.8, 4) is 0 Å². The maximum absolute atomic E-state index is 10.9. The summed E-state index contributed by atoms with van der Waals surface area (Å²) in [6, 6.07) is -0.295. The molecular weight excluding hydrogens is 182 g/mol. The van der Waals surface area contributed by atoms with Gasteiger partial charge in [-0.1, -0.05) is 18.2 Å². The number of carboxylic acid groups (broad SMARTS) is 1. The molecule has 1 heterocycles. The molecule has 0 bridgehead atoms. The fourth-order valence-corrected chi connectivity index (χ4v) is 1.72. The van der Waals surface area contributed by atoms with Crippen LogP contribution in [0.2, 0.25) is 0 Å². The van der Waals surface area contributed by atoms with E-state index in [1.807, 2.05) is 0 Å². The van der Waals surface area contributed by atoms with E-state index in [9.17, 15) is 10.0 Å². The minimum Gasteiger partial charge on any atom is -0.478 e. The van der Waals surface area contributed by atoms with Gasteiger partial charge in [0.1, 0.15) is 0 Å². The number of carboxylic acids is 1. The summed E-state index contributed by atoms with van der Waals surface area (Å²) in [5, 5.41) is 18.4. The first-order chi connectivity index (χ1) is 6.70. The van der Waals surface area contributed by atoms with E-state index >= 15 is 0 Å². The summed E-state index contributed by atoms with van der Waals surface area (Å²) >= 11 is 0. The Bertz CT molecular complexity index is 390. The molecule has 0 aromatic carbocycles. The lowest BCUT2D eigenvalue weighted by Crippen LogP contribution is -2.36. The van der Waals surface area contributed by atoms with Gasteiger partial charge in [-0.2, -0.15) is 0 Å². The molecule has 14 heavy (non-hydrogen) atoms. The van der Waals surface area contributed by atoms with E-state index in [0.29, 0.717) is 5.57 Å². The van der Waals surface area contributed by atoms with E-state index in [-0.39, 0.29) is 12.0 Å². The van der Waals surface area contributed by atoms with Crippen molar-refractivity contribution < 1.29 is 19.8 Å². The van der Waals surface area contributed by atoms with Crippen molar-refractivity contribution >= 4 is 12.2 Å². The molecule has 2 N–H and O–H groups in total. The van der Waals surface area contributed by atoms with E-state index in [1.165, 1.54) is 12.3 Å². The maximum atomic E-state index is 10.9. The molecule has 1 aliphatic heterocycles. The normalized spacial score (nSPS) is 29.1. The third-order valence-electron chi connectivity index (χ3n) is 2.42. The monoisotopic (exact) mass is 192 g/mol. The third kappa shape index (κ3) is 1.25. The van der Waals surface area contributed by atoms with E-state index in [2.05, 4.69) is 0 Å². The van der Waals surface area contributed by atoms with Gasteiger partial charge in [-0.3, -0.25) is 5.21 Å². The Labute approximate surface area is 80.8 Å². The van der Waals surface area contributed by atoms with Crippen molar-refractivity contribution in [3.05, 3.63) is 36.0 Å². The van der Waals surface area contributed by atoms with E-state index in [4.69, 9.17) is 5.11 Å². The van der Waals surface area contributed by atoms with Gasteiger partial charge in [-0.05, 0) is 10.8 Å². The molecular formula is C10H10NO3+. The van der Waals surface area contributed by atoms with Crippen LogP contribution in [0.4, 0.5) is 0 Å². The Morgan fingerprint density at radius 2 is 2.07 bits per heavy atom. The van der Waals surface area contributed by atoms with Gasteiger partial charge >= 0.3 is 5.97 Å². The number of allylic oxidation sites excluding steroid dienone is 3. The van der Waals surface area contributed by atoms with Crippen LogP contribution in [0, 0.1) is 5.92 Å². The molecule has 2 unspecified atom stereocenters. The Morgan fingerprint density at radius 3 is 2.79 bits per heavy atom. The van der Waals surface area contributed by atoms with Crippen LogP contribution in [0.25, 0.3) is 0 Å². The first-order valence-electron chi connectivity index (χ1n) is 4.30. The Morgan fingerprint density at radius 1 is 1.36 bits per heavy atom. The number of fused-ring (bicyclic) bond motifs is 1. The summed E-state index contributed by atoms with van der Waals surface area (Å²) < 4.78 is 1.02. The first kappa shape index (κ1) is 8.74. The summed E-state index contributed by atoms with van der Waals surface area (Å²) in [6.07, 6.45) is 9.93. The van der Waals surface area contributed by atoms with Crippen LogP contribution in [-0.4, -0.2) is 33.3 Å². The molecule has 2 rings (SSSR count). The smallest absolute Gasteiger partial charge is 0.332 e. The maximum Gasteiger partial charge on any atom is 0.332 e. The summed E-state index contributed by atoms with van der Waals surface area (Å²) in [6.45, 7) is 0. The van der Waals surface area contributed by atoms with E-state index in [1.54, 1.807) is 24.3 Å². The largest absolute Gasteiger partial charge is 0.478 e. The number of rotatable bonds is 1. The predicted molar refractivity (Wildman–Crippen MR) is 49.4 cm³/mol. The topological polar surface area (TPSA) is 60.5 Å². The third-order valence-corrected chi connectivity index (χ3v) is 2.42. The van der Waals surface area contributed by atoms with Crippen LogP contribution in [0.3, 0.4) is 0 Å². The highest BCUT2D eigenvalue weighted by molar-refractivity contribution is 5.93. The number of aliphatic carboxylic acids is 1. The Kier molecular flexibility index (Phi) is 1.96. The minimum atomic E-state index is -0.940. The number of nitrogens with zero attached hydrogens (tertiary/aromatic N) is 1. The van der Waals surface area contributed by atoms with Crippen molar-refractivity contribution in [2.24, 2.45) is 5.92 Å². The molecule has 0 saturated heterocycles. The second-order valence-corrected chi connectivity index (χ2v) is 3.24. The number of hydrogen-bond donors (Lipinski definition) is 2. The average molecular weight is 192 g/mol. The molecule has 0 fully saturated rings. The second kappa shape index (κ2) is 3.14. The van der Waals surface area contributed by atoms with Crippen LogP contribution in [-0.2, 0) is 4.79 Å². The second-order valence-electron chi connectivity index (χ2n) is 3.24. The lowest BCUT2D eigenvalue weighted by atomic mass is 9.86. The molecule has 0 saturated carbocycles. The van der Waals surface area contributed by atoms with Gasteiger partial charge in [0, 0.05) is 6.08 Å². The van der Waals surface area contributed by atoms with Crippen molar-refractivity contribution in [1.29, 1.82) is 0 Å². The lowest BCUT2D eigenvalue weighted by molar-refractivity contribution is -0.792. The molecule has 4 heteroatoms. The molecule has 0 spiro atoms. The fraction of sp³-hybridized carbons (Fsp3) is 0.200. The molecule has 0 aromatic rings. The summed E-state index contributed by atoms with van der Waals surface area (Å²) in [5.41, 5.74) is 0.306. The molecule has 0 amide bonds. The quantitative estimate of drug-likeness (QED) is 0.472. The zero-order chi connectivity index (χ0) is 10.1. The predicted octanol–water partition coefficient (Wildman–Crippen LogP) is 0.594. The van der Waals surface area contributed by atoms with Crippen molar-refractivity contribution in [2.75, 3.05) is 0 Å². The Balaban J connectivity index is 2.41. The van der Waals surface area contributed by atoms with Crippen LogP contribution < -0.4 is 0 Å². The van der Waals surface area contributed by atoms with Crippen molar-refractivity contribution in [3.63, 3.8) is 0 Å². The molecule has 2 aliphatic rings. The van der Waals surface area contributed by atoms with E-state index in [0.717, 1.165) is 4.74 Å². The van der Waals surface area contributed by atoms with E-state index < -0.39 is 5.97 Å². The highest BCUT2D eigenvalue weighted by Crippen LogP contribution is 2.25. The Hall–Kier alpha value is -1.84. The van der Waals surface area contributed by atoms with Crippen molar-refractivity contribution in [1.82, 2.24) is 0 Å². The van der Waals surface area contributed by atoms with Gasteiger partial charge in [0.25, 0.3) is 0 Å². The lowest BCUT2D eigenvalue weighted by Gasteiger charge is -2.20. The summed E-state index contributed by atoms with van der Waals surface area (Å²) in [5.74, 6) is -1.21. The van der Waals surface area contributed by atoms with Gasteiger partial charge in [0.2, 0.25) is 12.3 Å². The van der Waals surface area contributed by atoms with Crippen LogP contribution in [0.15, 0.2) is 36.0 Å². The molecule has 0 radical (unpaired) electrons. The highest BCUT2D eigenvalue weighted by Gasteiger charge is 2.37. The van der Waals surface area contributed by atoms with Crippen LogP contribution in [0.5, 0.6) is 0 Å². The van der Waals surface area contributed by atoms with Gasteiger partial charge < -0.3 is 5.11 Å². The van der Waals surface area contributed by atoms with Gasteiger partial charge in [-0.15, -0.1) is 0 Å². The molecule has 2 atom stereocenters. The van der Waals surface area contributed by atoms with Gasteiger partial charge in [-0.25, -0.2) is 4.79 Å². The molecule has 72 valence electrons. The molecule has 1 aliphatic carbocycles. The highest BCUT2D eigenvalue weighted by atomic mass is 16.5. The van der Waals surface area contributed by atoms with Gasteiger partial charge in [0.05, 0.1) is 11.5 Å². The van der Waals surface area contributed by atoms with Crippen LogP contribution >= 0.6 is 0 Å². The number of hydroxylamine groups is 1. The molecule has 0 aromatic heterocycles. The number of carbonyl (C=O) groups is 1. The fourth-order valence-electron chi connectivity index (χ4n) is 1.72. The zero-order valence-corrected chi connectivity index (χ0v) is 7.37. The number of hydrogen-bond acceptors (Lipinski definition) is 2. The molecule has 4 nitrogen and oxygen atoms in total. The SMILES string of the molecule is O=C(O)C1=CC=[N+](O)C2C=CC=CC12.